The molecule has 0 spiro atoms. The molecule has 0 amide bonds. The second-order valence-corrected chi connectivity index (χ2v) is 2.17. The van der Waals surface area contributed by atoms with Crippen LogP contribution in [0.2, 0.25) is 0 Å². The summed E-state index contributed by atoms with van der Waals surface area (Å²) in [6.07, 6.45) is 1.83. The maximum absolute atomic E-state index is 8.17. The van der Waals surface area contributed by atoms with Gasteiger partial charge in [0.25, 0.3) is 0 Å². The minimum absolute atomic E-state index is 0.418. The molecule has 0 aliphatic carbocycles. The van der Waals surface area contributed by atoms with Gasteiger partial charge < -0.3 is 0 Å². The third-order valence-electron chi connectivity index (χ3n) is 0.886. The van der Waals surface area contributed by atoms with Crippen LogP contribution in [0, 0.1) is 22.7 Å². The van der Waals surface area contributed by atoms with Gasteiger partial charge in [0, 0.05) is 6.42 Å². The van der Waals surface area contributed by atoms with E-state index in [9.17, 15) is 0 Å². The molecule has 0 aromatic rings. The summed E-state index contributed by atoms with van der Waals surface area (Å²) in [5.74, 6) is 0. The van der Waals surface area contributed by atoms with Crippen molar-refractivity contribution in [3.8, 4) is 12.1 Å². The van der Waals surface area contributed by atoms with Gasteiger partial charge in [0.05, 0.1) is 12.1 Å². The molecule has 0 fully saturated rings. The predicted octanol–water partition coefficient (Wildman–Crippen LogP) is 1.81. The van der Waals surface area contributed by atoms with E-state index in [0.717, 1.165) is 6.42 Å². The molecule has 9 heavy (non-hydrogen) atoms. The Balaban J connectivity index is 3.12. The van der Waals surface area contributed by atoms with Crippen LogP contribution in [0.1, 0.15) is 19.3 Å². The summed E-state index contributed by atoms with van der Waals surface area (Å²) in [4.78, 5) is 0. The molecule has 0 aromatic carbocycles. The smallest absolute Gasteiger partial charge is 0.120 e. The summed E-state index contributed by atoms with van der Waals surface area (Å²) < 4.78 is 0. The van der Waals surface area contributed by atoms with Crippen molar-refractivity contribution in [3.63, 3.8) is 0 Å². The van der Waals surface area contributed by atoms with Crippen LogP contribution in [0.15, 0.2) is 0 Å². The molecule has 2 nitrogen and oxygen atoms in total. The van der Waals surface area contributed by atoms with Gasteiger partial charge >= 0.3 is 0 Å². The number of hydrogen-bond acceptors (Lipinski definition) is 2. The Hall–Kier alpha value is -0.730. The molecule has 0 saturated heterocycles. The summed E-state index contributed by atoms with van der Waals surface area (Å²) in [5, 5.41) is 15.8. The molecule has 0 saturated carbocycles. The molecule has 0 N–H and O–H groups in total. The molecule has 0 rings (SSSR count). The average Bonchev–Trinajstić information content (AvgIpc) is 1.89. The van der Waals surface area contributed by atoms with Gasteiger partial charge in [-0.05, 0) is 12.8 Å². The van der Waals surface area contributed by atoms with Crippen molar-refractivity contribution in [1.82, 2.24) is 0 Å². The minimum atomic E-state index is -0.418. The fraction of sp³-hybridized carbons (Fsp3) is 0.667. The van der Waals surface area contributed by atoms with Gasteiger partial charge in [0.1, 0.15) is 5.38 Å². The third-order valence-corrected chi connectivity index (χ3v) is 1.20. The standard InChI is InChI=1S/C6H7ClN2/c7-6(5-9)3-1-2-4-8/h6H,1-3H2. The highest BCUT2D eigenvalue weighted by Crippen LogP contribution is 2.04. The molecule has 0 bridgehead atoms. The topological polar surface area (TPSA) is 47.6 Å². The molecule has 1 atom stereocenters. The summed E-state index contributed by atoms with van der Waals surface area (Å²) in [6, 6.07) is 3.86. The molecule has 3 heteroatoms. The van der Waals surface area contributed by atoms with Gasteiger partial charge in [-0.15, -0.1) is 11.6 Å². The number of hydrogen-bond donors (Lipinski definition) is 0. The number of alkyl halides is 1. The zero-order valence-corrected chi connectivity index (χ0v) is 5.73. The second-order valence-electron chi connectivity index (χ2n) is 1.65. The van der Waals surface area contributed by atoms with Crippen LogP contribution in [0.25, 0.3) is 0 Å². The van der Waals surface area contributed by atoms with E-state index in [2.05, 4.69) is 0 Å². The largest absolute Gasteiger partial charge is 0.198 e. The van der Waals surface area contributed by atoms with E-state index in [1.165, 1.54) is 0 Å². The lowest BCUT2D eigenvalue weighted by Gasteiger charge is -1.93. The fourth-order valence-electron chi connectivity index (χ4n) is 0.425. The lowest BCUT2D eigenvalue weighted by molar-refractivity contribution is 0.778. The van der Waals surface area contributed by atoms with E-state index >= 15 is 0 Å². The monoisotopic (exact) mass is 142 g/mol. The number of nitriles is 2. The van der Waals surface area contributed by atoms with E-state index in [-0.39, 0.29) is 0 Å². The number of unbranched alkanes of at least 4 members (excludes halogenated alkanes) is 1. The molecule has 0 aliphatic rings. The maximum atomic E-state index is 8.17. The molecule has 0 radical (unpaired) electrons. The summed E-state index contributed by atoms with van der Waals surface area (Å²) in [5.41, 5.74) is 0. The van der Waals surface area contributed by atoms with E-state index < -0.39 is 5.38 Å². The number of nitrogens with zero attached hydrogens (tertiary/aromatic N) is 2. The fourth-order valence-corrected chi connectivity index (χ4v) is 0.579. The molecule has 0 aromatic heterocycles. The Morgan fingerprint density at radius 3 is 2.56 bits per heavy atom. The first kappa shape index (κ1) is 8.27. The van der Waals surface area contributed by atoms with E-state index in [4.69, 9.17) is 22.1 Å². The summed E-state index contributed by atoms with van der Waals surface area (Å²) in [7, 11) is 0. The van der Waals surface area contributed by atoms with Crippen LogP contribution in [0.4, 0.5) is 0 Å². The summed E-state index contributed by atoms with van der Waals surface area (Å²) in [6.45, 7) is 0. The van der Waals surface area contributed by atoms with Crippen molar-refractivity contribution in [2.45, 2.75) is 24.6 Å². The van der Waals surface area contributed by atoms with Gasteiger partial charge in [-0.3, -0.25) is 0 Å². The first-order valence-corrected chi connectivity index (χ1v) is 3.15. The zero-order chi connectivity index (χ0) is 7.11. The Morgan fingerprint density at radius 2 is 2.11 bits per heavy atom. The lowest BCUT2D eigenvalue weighted by Crippen LogP contribution is -1.91. The number of rotatable bonds is 3. The van der Waals surface area contributed by atoms with Crippen molar-refractivity contribution in [2.75, 3.05) is 0 Å². The SMILES string of the molecule is N#CCCCC(Cl)C#N. The van der Waals surface area contributed by atoms with Gasteiger partial charge in [-0.25, -0.2) is 0 Å². The van der Waals surface area contributed by atoms with Gasteiger partial charge in [0.15, 0.2) is 0 Å². The quantitative estimate of drug-likeness (QED) is 0.446. The number of halogens is 1. The van der Waals surface area contributed by atoms with Crippen LogP contribution >= 0.6 is 11.6 Å². The van der Waals surface area contributed by atoms with Crippen molar-refractivity contribution in [2.24, 2.45) is 0 Å². The van der Waals surface area contributed by atoms with Gasteiger partial charge in [0.2, 0.25) is 0 Å². The van der Waals surface area contributed by atoms with Crippen molar-refractivity contribution in [1.29, 1.82) is 10.5 Å². The Kier molecular flexibility index (Phi) is 4.97. The molecule has 48 valence electrons. The highest BCUT2D eigenvalue weighted by molar-refractivity contribution is 6.22. The van der Waals surface area contributed by atoms with Crippen molar-refractivity contribution < 1.29 is 0 Å². The van der Waals surface area contributed by atoms with Crippen molar-refractivity contribution in [3.05, 3.63) is 0 Å². The Morgan fingerprint density at radius 1 is 1.44 bits per heavy atom. The van der Waals surface area contributed by atoms with E-state index in [1.807, 2.05) is 12.1 Å². The van der Waals surface area contributed by atoms with E-state index in [1.54, 1.807) is 0 Å². The molecule has 0 heterocycles. The first-order valence-electron chi connectivity index (χ1n) is 2.72. The predicted molar refractivity (Wildman–Crippen MR) is 34.7 cm³/mol. The van der Waals surface area contributed by atoms with Crippen molar-refractivity contribution >= 4 is 11.6 Å². The molecular weight excluding hydrogens is 136 g/mol. The lowest BCUT2D eigenvalue weighted by atomic mass is 10.2. The van der Waals surface area contributed by atoms with Crippen LogP contribution in [-0.2, 0) is 0 Å². The maximum Gasteiger partial charge on any atom is 0.120 e. The zero-order valence-electron chi connectivity index (χ0n) is 4.97. The normalized spacial score (nSPS) is 11.4. The Labute approximate surface area is 59.7 Å². The highest BCUT2D eigenvalue weighted by Gasteiger charge is 1.99. The molecule has 0 aliphatic heterocycles. The third kappa shape index (κ3) is 5.14. The molecule has 1 unspecified atom stereocenters. The van der Waals surface area contributed by atoms with Crippen LogP contribution in [-0.4, -0.2) is 5.38 Å². The van der Waals surface area contributed by atoms with Gasteiger partial charge in [-0.1, -0.05) is 0 Å². The highest BCUT2D eigenvalue weighted by atomic mass is 35.5. The van der Waals surface area contributed by atoms with Gasteiger partial charge in [-0.2, -0.15) is 10.5 Å². The first-order chi connectivity index (χ1) is 4.31. The van der Waals surface area contributed by atoms with Crippen LogP contribution < -0.4 is 0 Å². The average molecular weight is 143 g/mol. The summed E-state index contributed by atoms with van der Waals surface area (Å²) >= 11 is 5.43. The second kappa shape index (κ2) is 5.41. The Bertz CT molecular complexity index is 142. The van der Waals surface area contributed by atoms with E-state index in [0.29, 0.717) is 12.8 Å². The van der Waals surface area contributed by atoms with Crippen LogP contribution in [0.3, 0.4) is 0 Å². The minimum Gasteiger partial charge on any atom is -0.198 e. The molecular formula is C6H7ClN2. The van der Waals surface area contributed by atoms with Crippen LogP contribution in [0.5, 0.6) is 0 Å².